The average Bonchev–Trinajstić information content (AvgIpc) is 3.36. The summed E-state index contributed by atoms with van der Waals surface area (Å²) < 4.78 is 5.36. The highest BCUT2D eigenvalue weighted by atomic mass is 16.5. The first kappa shape index (κ1) is 22.3. The summed E-state index contributed by atoms with van der Waals surface area (Å²) in [6.07, 6.45) is 4.93. The standard InChI is InChI=1S/C28H31N5O/c1-19(20-6-4-3-5-7-20)31-28-30-17-14-25(33-28)24-18-26(21-12-15-29-16-13-21)32-27(24)22-8-10-23(34-2)11-9-22/h3-11,14,17,19,21,29H,12-13,15-16,18H2,1-2H3,(H,30,31,33). The number of ether oxygens (including phenoxy) is 1. The van der Waals surface area contributed by atoms with Gasteiger partial charge in [-0.15, -0.1) is 0 Å². The predicted octanol–water partition coefficient (Wildman–Crippen LogP) is 5.37. The Hall–Kier alpha value is -3.51. The summed E-state index contributed by atoms with van der Waals surface area (Å²) in [6.45, 7) is 4.23. The molecule has 5 rings (SSSR count). The van der Waals surface area contributed by atoms with Gasteiger partial charge in [0.05, 0.1) is 24.5 Å². The quantitative estimate of drug-likeness (QED) is 0.503. The summed E-state index contributed by atoms with van der Waals surface area (Å²) in [5.74, 6) is 1.99. The lowest BCUT2D eigenvalue weighted by Crippen LogP contribution is -2.31. The number of aliphatic imine (C=N–C) groups is 1. The summed E-state index contributed by atoms with van der Waals surface area (Å²) in [4.78, 5) is 14.6. The largest absolute Gasteiger partial charge is 0.497 e. The zero-order chi connectivity index (χ0) is 23.3. The number of aromatic nitrogens is 2. The van der Waals surface area contributed by atoms with Crippen molar-refractivity contribution in [3.05, 3.63) is 83.7 Å². The smallest absolute Gasteiger partial charge is 0.223 e. The highest BCUT2D eigenvalue weighted by molar-refractivity contribution is 6.10. The fourth-order valence-electron chi connectivity index (χ4n) is 4.72. The first-order valence-electron chi connectivity index (χ1n) is 12.0. The fraction of sp³-hybridized carbons (Fsp3) is 0.321. The lowest BCUT2D eigenvalue weighted by atomic mass is 9.89. The SMILES string of the molecule is COc1ccc(C2=C(c3ccnc(NC(C)c4ccccc4)n3)CC(C3CCNCC3)=N2)cc1. The van der Waals surface area contributed by atoms with Crippen LogP contribution in [0.25, 0.3) is 11.3 Å². The van der Waals surface area contributed by atoms with Crippen LogP contribution in [0.15, 0.2) is 71.9 Å². The summed E-state index contributed by atoms with van der Waals surface area (Å²) in [7, 11) is 1.69. The Kier molecular flexibility index (Phi) is 6.67. The number of hydrogen-bond donors (Lipinski definition) is 2. The molecule has 2 aromatic carbocycles. The number of methoxy groups -OCH3 is 1. The molecule has 0 radical (unpaired) electrons. The van der Waals surface area contributed by atoms with Crippen molar-refractivity contribution in [1.82, 2.24) is 15.3 Å². The molecule has 1 atom stereocenters. The van der Waals surface area contributed by atoms with Crippen LogP contribution >= 0.6 is 0 Å². The Labute approximate surface area is 201 Å². The van der Waals surface area contributed by atoms with E-state index in [1.165, 1.54) is 11.3 Å². The second-order valence-corrected chi connectivity index (χ2v) is 8.90. The Morgan fingerprint density at radius 1 is 1.00 bits per heavy atom. The van der Waals surface area contributed by atoms with Gasteiger partial charge in [-0.2, -0.15) is 0 Å². The molecule has 6 heteroatoms. The van der Waals surface area contributed by atoms with Gasteiger partial charge in [-0.05, 0) is 68.8 Å². The van der Waals surface area contributed by atoms with E-state index in [2.05, 4.69) is 58.9 Å². The first-order chi connectivity index (χ1) is 16.7. The Morgan fingerprint density at radius 3 is 2.50 bits per heavy atom. The fourth-order valence-corrected chi connectivity index (χ4v) is 4.72. The molecule has 0 saturated carbocycles. The molecular formula is C28H31N5O. The minimum atomic E-state index is 0.108. The zero-order valence-corrected chi connectivity index (χ0v) is 19.8. The molecule has 3 aromatic rings. The van der Waals surface area contributed by atoms with Crippen LogP contribution in [0, 0.1) is 5.92 Å². The lowest BCUT2D eigenvalue weighted by Gasteiger charge is -2.22. The van der Waals surface area contributed by atoms with E-state index in [0.717, 1.165) is 60.6 Å². The predicted molar refractivity (Wildman–Crippen MR) is 138 cm³/mol. The van der Waals surface area contributed by atoms with Crippen LogP contribution in [0.2, 0.25) is 0 Å². The Bertz CT molecular complexity index is 1180. The van der Waals surface area contributed by atoms with Crippen molar-refractivity contribution >= 4 is 22.9 Å². The number of rotatable bonds is 7. The zero-order valence-electron chi connectivity index (χ0n) is 19.8. The van der Waals surface area contributed by atoms with Gasteiger partial charge in [-0.3, -0.25) is 4.99 Å². The van der Waals surface area contributed by atoms with E-state index in [-0.39, 0.29) is 6.04 Å². The molecule has 6 nitrogen and oxygen atoms in total. The number of nitrogens with zero attached hydrogens (tertiary/aromatic N) is 3. The molecule has 0 bridgehead atoms. The average molecular weight is 454 g/mol. The van der Waals surface area contributed by atoms with Crippen molar-refractivity contribution in [1.29, 1.82) is 0 Å². The molecule has 0 aliphatic carbocycles. The van der Waals surface area contributed by atoms with Crippen molar-refractivity contribution in [2.75, 3.05) is 25.5 Å². The maximum Gasteiger partial charge on any atom is 0.223 e. The van der Waals surface area contributed by atoms with Crippen molar-refractivity contribution in [3.8, 4) is 5.75 Å². The van der Waals surface area contributed by atoms with Crippen LogP contribution in [0.3, 0.4) is 0 Å². The number of allylic oxidation sites excluding steroid dienone is 1. The molecule has 1 fully saturated rings. The van der Waals surface area contributed by atoms with Gasteiger partial charge in [0.25, 0.3) is 0 Å². The third-order valence-corrected chi connectivity index (χ3v) is 6.68. The lowest BCUT2D eigenvalue weighted by molar-refractivity contribution is 0.415. The second kappa shape index (κ2) is 10.2. The van der Waals surface area contributed by atoms with Gasteiger partial charge in [0.2, 0.25) is 5.95 Å². The van der Waals surface area contributed by atoms with Crippen LogP contribution in [0.4, 0.5) is 5.95 Å². The molecule has 0 spiro atoms. The third kappa shape index (κ3) is 4.87. The Balaban J connectivity index is 1.46. The van der Waals surface area contributed by atoms with Crippen LogP contribution in [0.5, 0.6) is 5.75 Å². The van der Waals surface area contributed by atoms with Gasteiger partial charge in [0.1, 0.15) is 5.75 Å². The van der Waals surface area contributed by atoms with Crippen LogP contribution in [0.1, 0.15) is 49.0 Å². The highest BCUT2D eigenvalue weighted by Gasteiger charge is 2.28. The number of piperidine rings is 1. The van der Waals surface area contributed by atoms with Crippen molar-refractivity contribution in [3.63, 3.8) is 0 Å². The van der Waals surface area contributed by atoms with Crippen LogP contribution in [-0.2, 0) is 0 Å². The van der Waals surface area contributed by atoms with E-state index in [0.29, 0.717) is 11.9 Å². The van der Waals surface area contributed by atoms with Crippen LogP contribution < -0.4 is 15.4 Å². The molecule has 2 aliphatic rings. The maximum absolute atomic E-state index is 5.36. The summed E-state index contributed by atoms with van der Waals surface area (Å²) in [5, 5.41) is 6.92. The normalized spacial score (nSPS) is 17.4. The minimum absolute atomic E-state index is 0.108. The van der Waals surface area contributed by atoms with Gasteiger partial charge in [-0.1, -0.05) is 30.3 Å². The first-order valence-corrected chi connectivity index (χ1v) is 12.0. The number of benzene rings is 2. The van der Waals surface area contributed by atoms with Crippen LogP contribution in [-0.4, -0.2) is 35.9 Å². The molecule has 1 aromatic heterocycles. The van der Waals surface area contributed by atoms with E-state index in [4.69, 9.17) is 14.7 Å². The molecule has 1 saturated heterocycles. The highest BCUT2D eigenvalue weighted by Crippen LogP contribution is 2.38. The van der Waals surface area contributed by atoms with E-state index < -0.39 is 0 Å². The van der Waals surface area contributed by atoms with Crippen molar-refractivity contribution < 1.29 is 4.74 Å². The van der Waals surface area contributed by atoms with Gasteiger partial charge < -0.3 is 15.4 Å². The van der Waals surface area contributed by atoms with Crippen molar-refractivity contribution in [2.24, 2.45) is 10.9 Å². The number of nitrogens with one attached hydrogen (secondary N) is 2. The van der Waals surface area contributed by atoms with E-state index in [1.807, 2.05) is 30.5 Å². The molecule has 174 valence electrons. The topological polar surface area (TPSA) is 71.4 Å². The molecule has 0 amide bonds. The van der Waals surface area contributed by atoms with Crippen molar-refractivity contribution in [2.45, 2.75) is 32.2 Å². The van der Waals surface area contributed by atoms with E-state index in [9.17, 15) is 0 Å². The van der Waals surface area contributed by atoms with Gasteiger partial charge in [0.15, 0.2) is 0 Å². The molecule has 1 unspecified atom stereocenters. The molecule has 2 N–H and O–H groups in total. The Morgan fingerprint density at radius 2 is 1.76 bits per heavy atom. The molecule has 3 heterocycles. The minimum Gasteiger partial charge on any atom is -0.497 e. The molecule has 2 aliphatic heterocycles. The monoisotopic (exact) mass is 453 g/mol. The number of hydrogen-bond acceptors (Lipinski definition) is 6. The molecule has 34 heavy (non-hydrogen) atoms. The summed E-state index contributed by atoms with van der Waals surface area (Å²) >= 11 is 0. The van der Waals surface area contributed by atoms with Gasteiger partial charge in [-0.25, -0.2) is 9.97 Å². The van der Waals surface area contributed by atoms with Gasteiger partial charge >= 0.3 is 0 Å². The number of anilines is 1. The van der Waals surface area contributed by atoms with E-state index >= 15 is 0 Å². The molecular weight excluding hydrogens is 422 g/mol. The summed E-state index contributed by atoms with van der Waals surface area (Å²) in [6, 6.07) is 20.6. The second-order valence-electron chi connectivity index (χ2n) is 8.90. The summed E-state index contributed by atoms with van der Waals surface area (Å²) in [5.41, 5.74) is 6.66. The maximum atomic E-state index is 5.36. The third-order valence-electron chi connectivity index (χ3n) is 6.68. The van der Waals surface area contributed by atoms with Gasteiger partial charge in [0, 0.05) is 35.4 Å². The van der Waals surface area contributed by atoms with E-state index in [1.54, 1.807) is 7.11 Å².